The van der Waals surface area contributed by atoms with Gasteiger partial charge in [-0.3, -0.25) is 0 Å². The van der Waals surface area contributed by atoms with E-state index in [1.165, 1.54) is 0 Å². The largest absolute Gasteiger partial charge is 0.459 e. The van der Waals surface area contributed by atoms with E-state index in [9.17, 15) is 9.90 Å². The van der Waals surface area contributed by atoms with Gasteiger partial charge in [-0.25, -0.2) is 4.79 Å². The SMILES string of the molecule is CCC(C)C(O)CNC(=O)NCc1cc2ccccc2o1. The highest BCUT2D eigenvalue weighted by Gasteiger charge is 2.13. The van der Waals surface area contributed by atoms with Crippen molar-refractivity contribution in [1.82, 2.24) is 10.6 Å². The maximum Gasteiger partial charge on any atom is 0.315 e. The number of carbonyl (C=O) groups excluding carboxylic acids is 1. The maximum absolute atomic E-state index is 11.7. The Labute approximate surface area is 124 Å². The molecule has 0 aliphatic carbocycles. The van der Waals surface area contributed by atoms with Crippen molar-refractivity contribution in [2.75, 3.05) is 6.54 Å². The molecule has 2 rings (SSSR count). The summed E-state index contributed by atoms with van der Waals surface area (Å²) in [5, 5.41) is 16.2. The first-order valence-electron chi connectivity index (χ1n) is 7.27. The standard InChI is InChI=1S/C16H22N2O3/c1-3-11(2)14(19)10-18-16(20)17-9-13-8-12-6-4-5-7-15(12)21-13/h4-8,11,14,19H,3,9-10H2,1-2H3,(H2,17,18,20). The Balaban J connectivity index is 1.78. The third-order valence-corrected chi connectivity index (χ3v) is 3.67. The van der Waals surface area contributed by atoms with Gasteiger partial charge < -0.3 is 20.2 Å². The van der Waals surface area contributed by atoms with Crippen molar-refractivity contribution >= 4 is 17.0 Å². The van der Waals surface area contributed by atoms with Crippen LogP contribution in [0.3, 0.4) is 0 Å². The minimum atomic E-state index is -0.521. The highest BCUT2D eigenvalue weighted by atomic mass is 16.3. The lowest BCUT2D eigenvalue weighted by Crippen LogP contribution is -2.41. The van der Waals surface area contributed by atoms with Crippen molar-refractivity contribution < 1.29 is 14.3 Å². The van der Waals surface area contributed by atoms with Gasteiger partial charge in [-0.15, -0.1) is 0 Å². The quantitative estimate of drug-likeness (QED) is 0.765. The van der Waals surface area contributed by atoms with Gasteiger partial charge in [0.25, 0.3) is 0 Å². The van der Waals surface area contributed by atoms with Crippen LogP contribution in [0.2, 0.25) is 0 Å². The number of fused-ring (bicyclic) bond motifs is 1. The summed E-state index contributed by atoms with van der Waals surface area (Å²) in [5.41, 5.74) is 0.807. The van der Waals surface area contributed by atoms with E-state index in [-0.39, 0.29) is 18.5 Å². The van der Waals surface area contributed by atoms with E-state index in [1.807, 2.05) is 44.2 Å². The van der Waals surface area contributed by atoms with Gasteiger partial charge in [-0.1, -0.05) is 38.5 Å². The Bertz CT molecular complexity index is 561. The number of carbonyl (C=O) groups is 1. The number of nitrogens with one attached hydrogen (secondary N) is 2. The first-order chi connectivity index (χ1) is 10.1. The van der Waals surface area contributed by atoms with Crippen molar-refractivity contribution in [3.05, 3.63) is 36.1 Å². The highest BCUT2D eigenvalue weighted by Crippen LogP contribution is 2.18. The molecule has 3 N–H and O–H groups in total. The Kier molecular flexibility index (Phi) is 5.22. The molecule has 1 heterocycles. The van der Waals surface area contributed by atoms with Gasteiger partial charge in [0.1, 0.15) is 11.3 Å². The number of amides is 2. The molecule has 2 aromatic rings. The third-order valence-electron chi connectivity index (χ3n) is 3.67. The first kappa shape index (κ1) is 15.4. The molecule has 1 aromatic carbocycles. The van der Waals surface area contributed by atoms with E-state index in [1.54, 1.807) is 0 Å². The van der Waals surface area contributed by atoms with Crippen LogP contribution in [0.15, 0.2) is 34.7 Å². The molecule has 0 radical (unpaired) electrons. The van der Waals surface area contributed by atoms with Gasteiger partial charge in [0.05, 0.1) is 12.6 Å². The Hall–Kier alpha value is -2.01. The van der Waals surface area contributed by atoms with Crippen LogP contribution in [0.1, 0.15) is 26.0 Å². The summed E-state index contributed by atoms with van der Waals surface area (Å²) >= 11 is 0. The molecule has 5 heteroatoms. The lowest BCUT2D eigenvalue weighted by atomic mass is 10.0. The number of aliphatic hydroxyl groups is 1. The average Bonchev–Trinajstić information content (AvgIpc) is 2.92. The second kappa shape index (κ2) is 7.13. The molecule has 0 fully saturated rings. The fourth-order valence-electron chi connectivity index (χ4n) is 2.02. The number of hydrogen-bond acceptors (Lipinski definition) is 3. The van der Waals surface area contributed by atoms with Gasteiger partial charge in [-0.2, -0.15) is 0 Å². The summed E-state index contributed by atoms with van der Waals surface area (Å²) in [7, 11) is 0. The van der Waals surface area contributed by atoms with E-state index in [0.29, 0.717) is 12.3 Å². The molecular formula is C16H22N2O3. The lowest BCUT2D eigenvalue weighted by molar-refractivity contribution is 0.114. The summed E-state index contributed by atoms with van der Waals surface area (Å²) in [4.78, 5) is 11.7. The van der Waals surface area contributed by atoms with E-state index in [4.69, 9.17) is 4.42 Å². The topological polar surface area (TPSA) is 74.5 Å². The molecule has 1 aromatic heterocycles. The van der Waals surface area contributed by atoms with Crippen molar-refractivity contribution in [2.45, 2.75) is 32.9 Å². The van der Waals surface area contributed by atoms with E-state index >= 15 is 0 Å². The minimum Gasteiger partial charge on any atom is -0.459 e. The van der Waals surface area contributed by atoms with Gasteiger partial charge in [0, 0.05) is 11.9 Å². The van der Waals surface area contributed by atoms with Gasteiger partial charge in [0.2, 0.25) is 0 Å². The van der Waals surface area contributed by atoms with Gasteiger partial charge >= 0.3 is 6.03 Å². The van der Waals surface area contributed by atoms with Crippen LogP contribution in [0.5, 0.6) is 0 Å². The molecule has 0 bridgehead atoms. The van der Waals surface area contributed by atoms with Crippen LogP contribution in [0.25, 0.3) is 11.0 Å². The zero-order valence-electron chi connectivity index (χ0n) is 12.4. The van der Waals surface area contributed by atoms with Gasteiger partial charge in [0.15, 0.2) is 0 Å². The van der Waals surface area contributed by atoms with Crippen LogP contribution in [-0.4, -0.2) is 23.8 Å². The fraction of sp³-hybridized carbons (Fsp3) is 0.438. The van der Waals surface area contributed by atoms with E-state index < -0.39 is 6.10 Å². The Morgan fingerprint density at radius 1 is 1.33 bits per heavy atom. The number of urea groups is 1. The van der Waals surface area contributed by atoms with Crippen LogP contribution in [0.4, 0.5) is 4.79 Å². The number of rotatable bonds is 6. The average molecular weight is 290 g/mol. The molecule has 5 nitrogen and oxygen atoms in total. The number of para-hydroxylation sites is 1. The lowest BCUT2D eigenvalue weighted by Gasteiger charge is -2.17. The first-order valence-corrected chi connectivity index (χ1v) is 7.27. The number of hydrogen-bond donors (Lipinski definition) is 3. The molecular weight excluding hydrogens is 268 g/mol. The molecule has 114 valence electrons. The van der Waals surface area contributed by atoms with Crippen LogP contribution >= 0.6 is 0 Å². The molecule has 21 heavy (non-hydrogen) atoms. The minimum absolute atomic E-state index is 0.167. The number of benzene rings is 1. The second-order valence-corrected chi connectivity index (χ2v) is 5.27. The smallest absolute Gasteiger partial charge is 0.315 e. The predicted octanol–water partition coefficient (Wildman–Crippen LogP) is 2.64. The molecule has 2 unspecified atom stereocenters. The molecule has 0 saturated heterocycles. The predicted molar refractivity (Wildman–Crippen MR) is 81.9 cm³/mol. The maximum atomic E-state index is 11.7. The van der Waals surface area contributed by atoms with Crippen LogP contribution < -0.4 is 10.6 Å². The monoisotopic (exact) mass is 290 g/mol. The summed E-state index contributed by atoms with van der Waals surface area (Å²) < 4.78 is 5.61. The zero-order chi connectivity index (χ0) is 15.2. The van der Waals surface area contributed by atoms with Crippen molar-refractivity contribution in [3.63, 3.8) is 0 Å². The Morgan fingerprint density at radius 2 is 2.10 bits per heavy atom. The third kappa shape index (κ3) is 4.23. The molecule has 2 atom stereocenters. The molecule has 2 amide bonds. The van der Waals surface area contributed by atoms with Crippen LogP contribution in [-0.2, 0) is 6.54 Å². The molecule has 0 saturated carbocycles. The van der Waals surface area contributed by atoms with Crippen molar-refractivity contribution in [2.24, 2.45) is 5.92 Å². The molecule has 0 aliphatic heterocycles. The zero-order valence-corrected chi connectivity index (χ0v) is 12.4. The summed E-state index contributed by atoms with van der Waals surface area (Å²) in [6.07, 6.45) is 0.357. The number of furan rings is 1. The normalized spacial score (nSPS) is 13.9. The van der Waals surface area contributed by atoms with Crippen LogP contribution in [0, 0.1) is 5.92 Å². The second-order valence-electron chi connectivity index (χ2n) is 5.27. The van der Waals surface area contributed by atoms with Crippen molar-refractivity contribution in [1.29, 1.82) is 0 Å². The fourth-order valence-corrected chi connectivity index (χ4v) is 2.02. The van der Waals surface area contributed by atoms with E-state index in [0.717, 1.165) is 17.4 Å². The number of aliphatic hydroxyl groups excluding tert-OH is 1. The highest BCUT2D eigenvalue weighted by molar-refractivity contribution is 5.78. The van der Waals surface area contributed by atoms with Crippen molar-refractivity contribution in [3.8, 4) is 0 Å². The summed E-state index contributed by atoms with van der Waals surface area (Å²) in [6, 6.07) is 9.30. The Morgan fingerprint density at radius 3 is 2.81 bits per heavy atom. The summed E-state index contributed by atoms with van der Waals surface area (Å²) in [6.45, 7) is 4.54. The molecule has 0 spiro atoms. The molecule has 0 aliphatic rings. The summed E-state index contributed by atoms with van der Waals surface area (Å²) in [5.74, 6) is 0.870. The van der Waals surface area contributed by atoms with E-state index in [2.05, 4.69) is 10.6 Å². The van der Waals surface area contributed by atoms with Gasteiger partial charge in [-0.05, 0) is 18.1 Å².